The number of nitrogens with zero attached hydrogens (tertiary/aromatic N) is 2. The number of methoxy groups -OCH3 is 1. The highest BCUT2D eigenvalue weighted by molar-refractivity contribution is 6.02. The quantitative estimate of drug-likeness (QED) is 0.772. The second-order valence-electron chi connectivity index (χ2n) is 6.02. The zero-order valence-electron chi connectivity index (χ0n) is 14.3. The van der Waals surface area contributed by atoms with Gasteiger partial charge in [0.2, 0.25) is 0 Å². The van der Waals surface area contributed by atoms with E-state index in [1.165, 1.54) is 12.0 Å². The number of pyridine rings is 1. The SMILES string of the molecule is COCC(C)OC(=O)CN1C(=O)C(C(C)C)Oc2ccc(N)nc21. The fourth-order valence-corrected chi connectivity index (χ4v) is 2.41. The number of fused-ring (bicyclic) bond motifs is 1. The highest BCUT2D eigenvalue weighted by atomic mass is 16.6. The van der Waals surface area contributed by atoms with Crippen LogP contribution in [0.15, 0.2) is 12.1 Å². The maximum atomic E-state index is 12.7. The molecule has 2 rings (SSSR count). The van der Waals surface area contributed by atoms with Gasteiger partial charge in [-0.3, -0.25) is 14.5 Å². The summed E-state index contributed by atoms with van der Waals surface area (Å²) in [5.41, 5.74) is 5.70. The molecular weight excluding hydrogens is 314 g/mol. The van der Waals surface area contributed by atoms with Crippen molar-refractivity contribution >= 4 is 23.5 Å². The molecule has 0 aliphatic carbocycles. The monoisotopic (exact) mass is 337 g/mol. The van der Waals surface area contributed by atoms with E-state index in [-0.39, 0.29) is 36.6 Å². The van der Waals surface area contributed by atoms with Crippen LogP contribution in [0.3, 0.4) is 0 Å². The lowest BCUT2D eigenvalue weighted by atomic mass is 10.0. The molecule has 1 aliphatic rings. The van der Waals surface area contributed by atoms with E-state index in [4.69, 9.17) is 19.9 Å². The molecule has 1 aromatic heterocycles. The first-order chi connectivity index (χ1) is 11.3. The van der Waals surface area contributed by atoms with Crippen molar-refractivity contribution in [1.82, 2.24) is 4.98 Å². The molecule has 2 heterocycles. The predicted octanol–water partition coefficient (Wildman–Crippen LogP) is 0.992. The van der Waals surface area contributed by atoms with Crippen molar-refractivity contribution in [3.8, 4) is 5.75 Å². The van der Waals surface area contributed by atoms with Crippen LogP contribution in [-0.4, -0.2) is 49.3 Å². The first-order valence-electron chi connectivity index (χ1n) is 7.76. The fraction of sp³-hybridized carbons (Fsp3) is 0.562. The number of nitrogen functional groups attached to an aromatic ring is 1. The summed E-state index contributed by atoms with van der Waals surface area (Å²) >= 11 is 0. The highest BCUT2D eigenvalue weighted by Crippen LogP contribution is 2.34. The molecule has 0 saturated heterocycles. The zero-order chi connectivity index (χ0) is 17.9. The largest absolute Gasteiger partial charge is 0.476 e. The Balaban J connectivity index is 2.24. The molecule has 0 bridgehead atoms. The van der Waals surface area contributed by atoms with E-state index in [0.717, 1.165) is 0 Å². The highest BCUT2D eigenvalue weighted by Gasteiger charge is 2.38. The number of rotatable bonds is 6. The Hall–Kier alpha value is -2.35. The van der Waals surface area contributed by atoms with E-state index in [9.17, 15) is 9.59 Å². The van der Waals surface area contributed by atoms with E-state index in [0.29, 0.717) is 5.75 Å². The van der Waals surface area contributed by atoms with Gasteiger partial charge in [-0.15, -0.1) is 0 Å². The van der Waals surface area contributed by atoms with Crippen LogP contribution in [0.1, 0.15) is 20.8 Å². The molecule has 0 fully saturated rings. The number of carbonyl (C=O) groups excluding carboxylic acids is 2. The number of amides is 1. The van der Waals surface area contributed by atoms with Gasteiger partial charge in [0.05, 0.1) is 6.61 Å². The van der Waals surface area contributed by atoms with Gasteiger partial charge >= 0.3 is 5.97 Å². The predicted molar refractivity (Wildman–Crippen MR) is 87.7 cm³/mol. The minimum atomic E-state index is -0.688. The number of aromatic nitrogens is 1. The van der Waals surface area contributed by atoms with Gasteiger partial charge in [0, 0.05) is 7.11 Å². The van der Waals surface area contributed by atoms with Crippen LogP contribution in [0.5, 0.6) is 5.75 Å². The summed E-state index contributed by atoms with van der Waals surface area (Å²) in [6.45, 7) is 5.47. The second-order valence-corrected chi connectivity index (χ2v) is 6.02. The summed E-state index contributed by atoms with van der Waals surface area (Å²) in [5, 5.41) is 0. The molecule has 8 heteroatoms. The second kappa shape index (κ2) is 7.48. The summed E-state index contributed by atoms with van der Waals surface area (Å²) in [5.74, 6) is -0.0682. The van der Waals surface area contributed by atoms with Crippen molar-refractivity contribution in [3.63, 3.8) is 0 Å². The smallest absolute Gasteiger partial charge is 0.326 e. The van der Waals surface area contributed by atoms with E-state index in [1.54, 1.807) is 19.1 Å². The Morgan fingerprint density at radius 3 is 2.75 bits per heavy atom. The third kappa shape index (κ3) is 3.94. The van der Waals surface area contributed by atoms with Crippen molar-refractivity contribution in [1.29, 1.82) is 0 Å². The fourth-order valence-electron chi connectivity index (χ4n) is 2.41. The van der Waals surface area contributed by atoms with Gasteiger partial charge in [-0.25, -0.2) is 4.98 Å². The normalized spacial score (nSPS) is 18.1. The zero-order valence-corrected chi connectivity index (χ0v) is 14.3. The van der Waals surface area contributed by atoms with Crippen molar-refractivity contribution in [2.75, 3.05) is 30.9 Å². The van der Waals surface area contributed by atoms with E-state index in [1.807, 2.05) is 13.8 Å². The Bertz CT molecular complexity index is 620. The van der Waals surface area contributed by atoms with Crippen molar-refractivity contribution in [2.24, 2.45) is 5.92 Å². The first kappa shape index (κ1) is 18.0. The third-order valence-electron chi connectivity index (χ3n) is 3.51. The van der Waals surface area contributed by atoms with Crippen LogP contribution in [0.4, 0.5) is 11.6 Å². The molecule has 2 N–H and O–H groups in total. The Kier molecular flexibility index (Phi) is 5.61. The molecule has 1 aliphatic heterocycles. The molecule has 24 heavy (non-hydrogen) atoms. The summed E-state index contributed by atoms with van der Waals surface area (Å²) in [4.78, 5) is 30.2. The number of anilines is 2. The number of hydrogen-bond donors (Lipinski definition) is 1. The average Bonchev–Trinajstić information content (AvgIpc) is 2.50. The van der Waals surface area contributed by atoms with Gasteiger partial charge in [-0.2, -0.15) is 0 Å². The minimum absolute atomic E-state index is 0.0610. The molecule has 2 atom stereocenters. The summed E-state index contributed by atoms with van der Waals surface area (Å²) < 4.78 is 15.9. The molecule has 0 spiro atoms. The molecule has 0 aromatic carbocycles. The molecule has 2 unspecified atom stereocenters. The summed E-state index contributed by atoms with van der Waals surface area (Å²) in [6.07, 6.45) is -1.10. The van der Waals surface area contributed by atoms with Crippen LogP contribution in [0.2, 0.25) is 0 Å². The topological polar surface area (TPSA) is 104 Å². The summed E-state index contributed by atoms with van der Waals surface area (Å²) in [6, 6.07) is 3.23. The average molecular weight is 337 g/mol. The van der Waals surface area contributed by atoms with Gasteiger partial charge < -0.3 is 19.9 Å². The van der Waals surface area contributed by atoms with Crippen LogP contribution in [0, 0.1) is 5.92 Å². The molecule has 8 nitrogen and oxygen atoms in total. The van der Waals surface area contributed by atoms with Crippen molar-refractivity contribution in [3.05, 3.63) is 12.1 Å². The van der Waals surface area contributed by atoms with Crippen LogP contribution in [0.25, 0.3) is 0 Å². The molecular formula is C16H23N3O5. The number of nitrogens with two attached hydrogens (primary N) is 1. The third-order valence-corrected chi connectivity index (χ3v) is 3.51. The lowest BCUT2D eigenvalue weighted by molar-refractivity contribution is -0.150. The van der Waals surface area contributed by atoms with Crippen molar-refractivity contribution < 1.29 is 23.8 Å². The number of hydrogen-bond acceptors (Lipinski definition) is 7. The van der Waals surface area contributed by atoms with Gasteiger partial charge in [0.15, 0.2) is 17.7 Å². The minimum Gasteiger partial charge on any atom is -0.476 e. The molecule has 0 radical (unpaired) electrons. The molecule has 132 valence electrons. The van der Waals surface area contributed by atoms with Gasteiger partial charge in [-0.05, 0) is 25.0 Å². The van der Waals surface area contributed by atoms with Crippen LogP contribution >= 0.6 is 0 Å². The maximum Gasteiger partial charge on any atom is 0.326 e. The van der Waals surface area contributed by atoms with E-state index >= 15 is 0 Å². The number of ether oxygens (including phenoxy) is 3. The van der Waals surface area contributed by atoms with Crippen LogP contribution < -0.4 is 15.4 Å². The first-order valence-corrected chi connectivity index (χ1v) is 7.76. The lowest BCUT2D eigenvalue weighted by Gasteiger charge is -2.34. The number of esters is 1. The molecule has 0 saturated carbocycles. The molecule has 1 amide bonds. The summed E-state index contributed by atoms with van der Waals surface area (Å²) in [7, 11) is 1.52. The Labute approximate surface area is 140 Å². The Morgan fingerprint density at radius 2 is 2.12 bits per heavy atom. The maximum absolute atomic E-state index is 12.7. The van der Waals surface area contributed by atoms with Gasteiger partial charge in [0.25, 0.3) is 5.91 Å². The molecule has 1 aromatic rings. The lowest BCUT2D eigenvalue weighted by Crippen LogP contribution is -2.51. The van der Waals surface area contributed by atoms with Crippen LogP contribution in [-0.2, 0) is 19.1 Å². The standard InChI is InChI=1S/C16H23N3O5/c1-9(2)14-16(21)19(7-13(20)23-10(3)8-22-4)15-11(24-14)5-6-12(17)18-15/h5-6,9-10,14H,7-8H2,1-4H3,(H2,17,18). The van der Waals surface area contributed by atoms with E-state index < -0.39 is 18.2 Å². The van der Waals surface area contributed by atoms with Gasteiger partial charge in [-0.1, -0.05) is 13.8 Å². The van der Waals surface area contributed by atoms with Crippen molar-refractivity contribution in [2.45, 2.75) is 33.0 Å². The Morgan fingerprint density at radius 1 is 1.42 bits per heavy atom. The number of carbonyl (C=O) groups is 2. The van der Waals surface area contributed by atoms with Gasteiger partial charge in [0.1, 0.15) is 18.5 Å². The van der Waals surface area contributed by atoms with E-state index in [2.05, 4.69) is 4.98 Å².